The van der Waals surface area contributed by atoms with E-state index in [1.807, 2.05) is 6.92 Å². The fourth-order valence-corrected chi connectivity index (χ4v) is 3.83. The second-order valence-electron chi connectivity index (χ2n) is 6.19. The van der Waals surface area contributed by atoms with E-state index in [1.165, 1.54) is 32.1 Å². The van der Waals surface area contributed by atoms with E-state index in [0.717, 1.165) is 11.5 Å². The van der Waals surface area contributed by atoms with Crippen LogP contribution in [-0.2, 0) is 10.0 Å². The molecule has 0 heterocycles. The third kappa shape index (κ3) is 5.79. The number of rotatable bonds is 6. The molecule has 0 aliphatic heterocycles. The van der Waals surface area contributed by atoms with Crippen molar-refractivity contribution in [2.24, 2.45) is 4.99 Å². The van der Waals surface area contributed by atoms with Crippen molar-refractivity contribution >= 4 is 16.0 Å². The highest BCUT2D eigenvalue weighted by molar-refractivity contribution is 7.89. The Morgan fingerprint density at radius 2 is 1.79 bits per heavy atom. The van der Waals surface area contributed by atoms with E-state index in [0.29, 0.717) is 19.1 Å². The Morgan fingerprint density at radius 1 is 1.12 bits per heavy atom. The minimum absolute atomic E-state index is 0.290. The van der Waals surface area contributed by atoms with Gasteiger partial charge in [0.05, 0.1) is 4.90 Å². The van der Waals surface area contributed by atoms with Crippen LogP contribution < -0.4 is 15.4 Å². The molecule has 0 aromatic heterocycles. The summed E-state index contributed by atoms with van der Waals surface area (Å²) in [5.74, 6) is 0.733. The SMILES string of the molecule is CN=C(NCCNS(=O)(=O)c1ccc(C)cc1)NC1CCCCC1. The molecular weight excluding hydrogens is 324 g/mol. The zero-order valence-corrected chi connectivity index (χ0v) is 15.3. The topological polar surface area (TPSA) is 82.6 Å². The molecule has 0 atom stereocenters. The molecule has 1 aliphatic rings. The van der Waals surface area contributed by atoms with Gasteiger partial charge in [-0.2, -0.15) is 0 Å². The average Bonchev–Trinajstić information content (AvgIpc) is 2.59. The monoisotopic (exact) mass is 352 g/mol. The highest BCUT2D eigenvalue weighted by atomic mass is 32.2. The maximum Gasteiger partial charge on any atom is 0.240 e. The molecule has 6 nitrogen and oxygen atoms in total. The van der Waals surface area contributed by atoms with Gasteiger partial charge in [-0.25, -0.2) is 13.1 Å². The van der Waals surface area contributed by atoms with E-state index in [2.05, 4.69) is 20.3 Å². The van der Waals surface area contributed by atoms with Crippen LogP contribution in [0.2, 0.25) is 0 Å². The van der Waals surface area contributed by atoms with Crippen LogP contribution in [0.3, 0.4) is 0 Å². The van der Waals surface area contributed by atoms with E-state index in [9.17, 15) is 8.42 Å². The molecule has 1 aromatic carbocycles. The molecular formula is C17H28N4O2S. The van der Waals surface area contributed by atoms with E-state index >= 15 is 0 Å². The normalized spacial score (nSPS) is 16.8. The van der Waals surface area contributed by atoms with E-state index in [1.54, 1.807) is 31.3 Å². The number of nitrogens with zero attached hydrogens (tertiary/aromatic N) is 1. The standard InChI is InChI=1S/C17H28N4O2S/c1-14-8-10-16(11-9-14)24(22,23)20-13-12-19-17(18-2)21-15-6-4-3-5-7-15/h8-11,15,20H,3-7,12-13H2,1-2H3,(H2,18,19,21). The van der Waals surface area contributed by atoms with Crippen molar-refractivity contribution in [3.05, 3.63) is 29.8 Å². The molecule has 24 heavy (non-hydrogen) atoms. The van der Waals surface area contributed by atoms with Crippen LogP contribution in [0.5, 0.6) is 0 Å². The summed E-state index contributed by atoms with van der Waals surface area (Å²) in [6.45, 7) is 2.72. The van der Waals surface area contributed by atoms with Gasteiger partial charge in [-0.15, -0.1) is 0 Å². The maximum absolute atomic E-state index is 12.2. The van der Waals surface area contributed by atoms with E-state index in [4.69, 9.17) is 0 Å². The third-order valence-corrected chi connectivity index (χ3v) is 5.69. The predicted molar refractivity (Wildman–Crippen MR) is 97.7 cm³/mol. The van der Waals surface area contributed by atoms with Gasteiger partial charge in [-0.05, 0) is 31.9 Å². The van der Waals surface area contributed by atoms with Gasteiger partial charge in [0, 0.05) is 26.2 Å². The Balaban J connectivity index is 1.75. The zero-order valence-electron chi connectivity index (χ0n) is 14.5. The van der Waals surface area contributed by atoms with Crippen LogP contribution in [0.1, 0.15) is 37.7 Å². The predicted octanol–water partition coefficient (Wildman–Crippen LogP) is 1.77. The number of hydrogen-bond donors (Lipinski definition) is 3. The second-order valence-corrected chi connectivity index (χ2v) is 7.96. The summed E-state index contributed by atoms with van der Waals surface area (Å²) in [6.07, 6.45) is 6.16. The maximum atomic E-state index is 12.2. The Morgan fingerprint density at radius 3 is 2.42 bits per heavy atom. The van der Waals surface area contributed by atoms with Crippen LogP contribution in [0.4, 0.5) is 0 Å². The molecule has 1 fully saturated rings. The van der Waals surface area contributed by atoms with Crippen LogP contribution in [0, 0.1) is 6.92 Å². The smallest absolute Gasteiger partial charge is 0.240 e. The number of sulfonamides is 1. The average molecular weight is 353 g/mol. The summed E-state index contributed by atoms with van der Waals surface area (Å²) >= 11 is 0. The number of nitrogens with one attached hydrogen (secondary N) is 3. The Labute approximate surface area is 145 Å². The minimum Gasteiger partial charge on any atom is -0.355 e. The highest BCUT2D eigenvalue weighted by Crippen LogP contribution is 2.17. The van der Waals surface area contributed by atoms with Crippen LogP contribution in [-0.4, -0.2) is 40.6 Å². The van der Waals surface area contributed by atoms with Crippen LogP contribution >= 0.6 is 0 Å². The van der Waals surface area contributed by atoms with Gasteiger partial charge in [0.25, 0.3) is 0 Å². The van der Waals surface area contributed by atoms with Crippen molar-refractivity contribution in [2.75, 3.05) is 20.1 Å². The fraction of sp³-hybridized carbons (Fsp3) is 0.588. The molecule has 0 amide bonds. The lowest BCUT2D eigenvalue weighted by Crippen LogP contribution is -2.46. The minimum atomic E-state index is -3.46. The number of aliphatic imine (C=N–C) groups is 1. The lowest BCUT2D eigenvalue weighted by atomic mass is 9.96. The molecule has 3 N–H and O–H groups in total. The highest BCUT2D eigenvalue weighted by Gasteiger charge is 2.15. The fourth-order valence-electron chi connectivity index (χ4n) is 2.80. The molecule has 1 saturated carbocycles. The first-order chi connectivity index (χ1) is 11.5. The number of hydrogen-bond acceptors (Lipinski definition) is 3. The van der Waals surface area contributed by atoms with Gasteiger partial charge < -0.3 is 10.6 Å². The summed E-state index contributed by atoms with van der Waals surface area (Å²) in [5.41, 5.74) is 1.04. The van der Waals surface area contributed by atoms with Crippen molar-refractivity contribution in [3.8, 4) is 0 Å². The van der Waals surface area contributed by atoms with Crippen molar-refractivity contribution < 1.29 is 8.42 Å². The summed E-state index contributed by atoms with van der Waals surface area (Å²) in [4.78, 5) is 4.49. The van der Waals surface area contributed by atoms with Crippen molar-refractivity contribution in [3.63, 3.8) is 0 Å². The second kappa shape index (κ2) is 9.03. The molecule has 1 aromatic rings. The molecule has 1 aliphatic carbocycles. The first-order valence-electron chi connectivity index (χ1n) is 8.55. The largest absolute Gasteiger partial charge is 0.355 e. The summed E-state index contributed by atoms with van der Waals surface area (Å²) in [6, 6.07) is 7.30. The first-order valence-corrected chi connectivity index (χ1v) is 10.0. The van der Waals surface area contributed by atoms with Crippen LogP contribution in [0.25, 0.3) is 0 Å². The molecule has 134 valence electrons. The third-order valence-electron chi connectivity index (χ3n) is 4.21. The van der Waals surface area contributed by atoms with Gasteiger partial charge >= 0.3 is 0 Å². The molecule has 0 unspecified atom stereocenters. The van der Waals surface area contributed by atoms with Gasteiger partial charge in [-0.1, -0.05) is 37.0 Å². The molecule has 7 heteroatoms. The molecule has 0 radical (unpaired) electrons. The summed E-state index contributed by atoms with van der Waals surface area (Å²) in [5, 5.41) is 6.56. The molecule has 0 saturated heterocycles. The molecule has 0 bridgehead atoms. The molecule has 2 rings (SSSR count). The lowest BCUT2D eigenvalue weighted by molar-refractivity contribution is 0.410. The van der Waals surface area contributed by atoms with Crippen molar-refractivity contribution in [1.29, 1.82) is 0 Å². The lowest BCUT2D eigenvalue weighted by Gasteiger charge is -2.24. The Kier molecular flexibility index (Phi) is 7.05. The summed E-state index contributed by atoms with van der Waals surface area (Å²) in [7, 11) is -1.73. The van der Waals surface area contributed by atoms with Gasteiger partial charge in [0.1, 0.15) is 0 Å². The van der Waals surface area contributed by atoms with Gasteiger partial charge in [-0.3, -0.25) is 4.99 Å². The zero-order chi connectivity index (χ0) is 17.4. The summed E-state index contributed by atoms with van der Waals surface area (Å²) < 4.78 is 27.0. The van der Waals surface area contributed by atoms with Gasteiger partial charge in [0.15, 0.2) is 5.96 Å². The first kappa shape index (κ1) is 18.7. The number of benzene rings is 1. The van der Waals surface area contributed by atoms with Crippen molar-refractivity contribution in [1.82, 2.24) is 15.4 Å². The van der Waals surface area contributed by atoms with E-state index < -0.39 is 10.0 Å². The van der Waals surface area contributed by atoms with Crippen molar-refractivity contribution in [2.45, 2.75) is 50.0 Å². The number of guanidine groups is 1. The Hall–Kier alpha value is -1.60. The van der Waals surface area contributed by atoms with Crippen LogP contribution in [0.15, 0.2) is 34.2 Å². The molecule has 0 spiro atoms. The van der Waals surface area contributed by atoms with Gasteiger partial charge in [0.2, 0.25) is 10.0 Å². The quantitative estimate of drug-likeness (QED) is 0.414. The van der Waals surface area contributed by atoms with E-state index in [-0.39, 0.29) is 4.90 Å². The number of aryl methyl sites for hydroxylation is 1. The Bertz CT molecular complexity index is 635.